The van der Waals surface area contributed by atoms with E-state index in [1.807, 2.05) is 30.3 Å². The van der Waals surface area contributed by atoms with Gasteiger partial charge in [-0.15, -0.1) is 11.8 Å². The molecule has 4 aromatic rings. The number of nitrogens with one attached hydrogen (secondary N) is 2. The van der Waals surface area contributed by atoms with Crippen LogP contribution in [0.3, 0.4) is 0 Å². The maximum atomic E-state index is 13.2. The van der Waals surface area contributed by atoms with Crippen molar-refractivity contribution in [1.82, 2.24) is 0 Å². The summed E-state index contributed by atoms with van der Waals surface area (Å²) in [5, 5.41) is 26.6. The van der Waals surface area contributed by atoms with Crippen LogP contribution in [0.1, 0.15) is 21.2 Å². The molecule has 0 spiro atoms. The average Bonchev–Trinajstić information content (AvgIpc) is 2.93. The Hall–Kier alpha value is -5.03. The van der Waals surface area contributed by atoms with Crippen LogP contribution in [-0.4, -0.2) is 21.7 Å². The molecule has 38 heavy (non-hydrogen) atoms. The van der Waals surface area contributed by atoms with Gasteiger partial charge in [0.05, 0.1) is 9.85 Å². The molecule has 0 heterocycles. The van der Waals surface area contributed by atoms with Crippen molar-refractivity contribution >= 4 is 46.3 Å². The Kier molecular flexibility index (Phi) is 8.09. The van der Waals surface area contributed by atoms with E-state index in [0.29, 0.717) is 11.4 Å². The highest BCUT2D eigenvalue weighted by atomic mass is 32.2. The second kappa shape index (κ2) is 11.8. The topological polar surface area (TPSA) is 144 Å². The van der Waals surface area contributed by atoms with E-state index in [-0.39, 0.29) is 22.8 Å². The Balaban J connectivity index is 1.46. The molecule has 0 fully saturated rings. The molecule has 0 aliphatic carbocycles. The number of thioether (sulfide) groups is 1. The zero-order valence-electron chi connectivity index (χ0n) is 19.6. The first-order valence-corrected chi connectivity index (χ1v) is 12.1. The highest BCUT2D eigenvalue weighted by Crippen LogP contribution is 2.37. The Morgan fingerprint density at radius 2 is 1.16 bits per heavy atom. The van der Waals surface area contributed by atoms with Crippen LogP contribution >= 0.6 is 11.8 Å². The van der Waals surface area contributed by atoms with Gasteiger partial charge in [-0.25, -0.2) is 0 Å². The van der Waals surface area contributed by atoms with Crippen LogP contribution in [0.4, 0.5) is 22.7 Å². The summed E-state index contributed by atoms with van der Waals surface area (Å²) in [6.07, 6.45) is 0. The van der Waals surface area contributed by atoms with Crippen molar-refractivity contribution in [2.75, 3.05) is 10.6 Å². The zero-order valence-corrected chi connectivity index (χ0v) is 20.5. The molecule has 0 aromatic heterocycles. The normalized spacial score (nSPS) is 11.3. The molecule has 1 atom stereocenters. The van der Waals surface area contributed by atoms with Gasteiger partial charge in [-0.2, -0.15) is 0 Å². The maximum absolute atomic E-state index is 13.2. The van der Waals surface area contributed by atoms with Crippen LogP contribution in [0.5, 0.6) is 0 Å². The lowest BCUT2D eigenvalue weighted by atomic mass is 10.1. The molecule has 1 unspecified atom stereocenters. The van der Waals surface area contributed by atoms with E-state index < -0.39 is 21.0 Å². The highest BCUT2D eigenvalue weighted by Gasteiger charge is 2.22. The molecule has 2 N–H and O–H groups in total. The standard InChI is InChI=1S/C27H20N4O6S/c32-26(19-6-12-22(13-7-19)30(34)35)28-21-10-16-24(17-11-21)38-25(18-4-2-1-3-5-18)27(33)29-20-8-14-23(15-9-20)31(36)37/h1-17,25H,(H,28,32)(H,29,33). The van der Waals surface area contributed by atoms with Gasteiger partial charge in [0, 0.05) is 46.1 Å². The van der Waals surface area contributed by atoms with Crippen LogP contribution in [0.15, 0.2) is 108 Å². The summed E-state index contributed by atoms with van der Waals surface area (Å²) in [5.74, 6) is -0.712. The molecular weight excluding hydrogens is 508 g/mol. The van der Waals surface area contributed by atoms with E-state index in [9.17, 15) is 29.8 Å². The summed E-state index contributed by atoms with van der Waals surface area (Å²) in [6, 6.07) is 27.0. The third kappa shape index (κ3) is 6.59. The van der Waals surface area contributed by atoms with E-state index in [2.05, 4.69) is 10.6 Å². The molecule has 0 bridgehead atoms. The smallest absolute Gasteiger partial charge is 0.269 e. The molecule has 4 aromatic carbocycles. The van der Waals surface area contributed by atoms with Crippen molar-refractivity contribution in [3.05, 3.63) is 134 Å². The largest absolute Gasteiger partial charge is 0.325 e. The predicted octanol–water partition coefficient (Wildman–Crippen LogP) is 6.23. The first kappa shape index (κ1) is 26.0. The lowest BCUT2D eigenvalue weighted by Crippen LogP contribution is -2.19. The molecule has 0 saturated heterocycles. The van der Waals surface area contributed by atoms with Crippen LogP contribution in [0.2, 0.25) is 0 Å². The minimum atomic E-state index is -0.619. The van der Waals surface area contributed by atoms with Gasteiger partial charge in [-0.1, -0.05) is 30.3 Å². The minimum absolute atomic E-state index is 0.0715. The van der Waals surface area contributed by atoms with Crippen molar-refractivity contribution in [3.63, 3.8) is 0 Å². The summed E-state index contributed by atoms with van der Waals surface area (Å²) in [7, 11) is 0. The van der Waals surface area contributed by atoms with Gasteiger partial charge < -0.3 is 10.6 Å². The Morgan fingerprint density at radius 3 is 1.71 bits per heavy atom. The summed E-state index contributed by atoms with van der Waals surface area (Å²) in [5.41, 5.74) is 1.83. The van der Waals surface area contributed by atoms with Crippen LogP contribution < -0.4 is 10.6 Å². The van der Waals surface area contributed by atoms with E-state index in [4.69, 9.17) is 0 Å². The summed E-state index contributed by atoms with van der Waals surface area (Å²) >= 11 is 1.31. The first-order valence-electron chi connectivity index (χ1n) is 11.2. The van der Waals surface area contributed by atoms with Gasteiger partial charge >= 0.3 is 0 Å². The number of carbonyl (C=O) groups is 2. The van der Waals surface area contributed by atoms with Crippen LogP contribution in [-0.2, 0) is 4.79 Å². The third-order valence-electron chi connectivity index (χ3n) is 5.39. The number of nitro groups is 2. The average molecular weight is 529 g/mol. The number of anilines is 2. The molecule has 4 rings (SSSR count). The van der Waals surface area contributed by atoms with Gasteiger partial charge in [0.15, 0.2) is 0 Å². The zero-order chi connectivity index (χ0) is 27.1. The van der Waals surface area contributed by atoms with E-state index in [0.717, 1.165) is 10.5 Å². The number of nitrogens with zero attached hydrogens (tertiary/aromatic N) is 2. The number of hydrogen-bond donors (Lipinski definition) is 2. The minimum Gasteiger partial charge on any atom is -0.325 e. The summed E-state index contributed by atoms with van der Waals surface area (Å²) < 4.78 is 0. The highest BCUT2D eigenvalue weighted by molar-refractivity contribution is 8.00. The molecule has 0 aliphatic heterocycles. The van der Waals surface area contributed by atoms with Gasteiger partial charge in [-0.3, -0.25) is 29.8 Å². The van der Waals surface area contributed by atoms with E-state index in [1.165, 1.54) is 60.3 Å². The van der Waals surface area contributed by atoms with Gasteiger partial charge in [0.1, 0.15) is 5.25 Å². The SMILES string of the molecule is O=C(Nc1ccc(SC(C(=O)Nc2ccc([N+](=O)[O-])cc2)c2ccccc2)cc1)c1ccc([N+](=O)[O-])cc1. The Morgan fingerprint density at radius 1 is 0.658 bits per heavy atom. The fourth-order valence-electron chi connectivity index (χ4n) is 3.47. The van der Waals surface area contributed by atoms with Gasteiger partial charge in [0.25, 0.3) is 17.3 Å². The van der Waals surface area contributed by atoms with Crippen molar-refractivity contribution in [2.24, 2.45) is 0 Å². The van der Waals surface area contributed by atoms with Gasteiger partial charge in [0.2, 0.25) is 5.91 Å². The molecule has 0 aliphatic rings. The number of benzene rings is 4. The fourth-order valence-corrected chi connectivity index (χ4v) is 4.49. The quantitative estimate of drug-likeness (QED) is 0.149. The van der Waals surface area contributed by atoms with Gasteiger partial charge in [-0.05, 0) is 54.1 Å². The van der Waals surface area contributed by atoms with Crippen molar-refractivity contribution < 1.29 is 19.4 Å². The molecule has 0 radical (unpaired) electrons. The van der Waals surface area contributed by atoms with Crippen molar-refractivity contribution in [1.29, 1.82) is 0 Å². The predicted molar refractivity (Wildman–Crippen MR) is 144 cm³/mol. The van der Waals surface area contributed by atoms with Crippen molar-refractivity contribution in [3.8, 4) is 0 Å². The molecular formula is C27H20N4O6S. The molecule has 2 amide bonds. The number of rotatable bonds is 9. The van der Waals surface area contributed by atoms with Crippen LogP contribution in [0.25, 0.3) is 0 Å². The lowest BCUT2D eigenvalue weighted by molar-refractivity contribution is -0.385. The van der Waals surface area contributed by atoms with E-state index >= 15 is 0 Å². The number of carbonyl (C=O) groups excluding carboxylic acids is 2. The first-order chi connectivity index (χ1) is 18.3. The summed E-state index contributed by atoms with van der Waals surface area (Å²) in [6.45, 7) is 0. The Bertz CT molecular complexity index is 1460. The van der Waals surface area contributed by atoms with Crippen molar-refractivity contribution in [2.45, 2.75) is 10.1 Å². The summed E-state index contributed by atoms with van der Waals surface area (Å²) in [4.78, 5) is 47.1. The number of nitro benzene ring substituents is 2. The molecule has 190 valence electrons. The monoisotopic (exact) mass is 528 g/mol. The molecule has 10 nitrogen and oxygen atoms in total. The van der Waals surface area contributed by atoms with Crippen LogP contribution in [0, 0.1) is 20.2 Å². The number of hydrogen-bond acceptors (Lipinski definition) is 7. The lowest BCUT2D eigenvalue weighted by Gasteiger charge is -2.17. The third-order valence-corrected chi connectivity index (χ3v) is 6.66. The fraction of sp³-hybridized carbons (Fsp3) is 0.0370. The maximum Gasteiger partial charge on any atom is 0.269 e. The number of non-ortho nitro benzene ring substituents is 2. The second-order valence-corrected chi connectivity index (χ2v) is 9.16. The second-order valence-electron chi connectivity index (χ2n) is 7.98. The van der Waals surface area contributed by atoms with E-state index in [1.54, 1.807) is 24.3 Å². The number of amides is 2. The molecule has 11 heteroatoms. The Labute approximate surface area is 221 Å². The molecule has 0 saturated carbocycles.